The Hall–Kier alpha value is -3.22. The van der Waals surface area contributed by atoms with E-state index in [9.17, 15) is 9.59 Å². The molecule has 1 atom stereocenters. The van der Waals surface area contributed by atoms with Crippen molar-refractivity contribution in [2.75, 3.05) is 6.61 Å². The molecule has 2 amide bonds. The van der Waals surface area contributed by atoms with E-state index < -0.39 is 11.8 Å². The summed E-state index contributed by atoms with van der Waals surface area (Å²) in [6, 6.07) is 5.43. The average molecular weight is 384 g/mol. The fourth-order valence-corrected chi connectivity index (χ4v) is 3.11. The standard InChI is InChI=1S/C21H24N2O5/c1-5-26-18-11-16-8-12(2)28-19(16)10-15(18)6-7-20(24)22-23-21(25)17-9-13(3)27-14(17)4/h6-7,9-12H,5,8H2,1-4H3,(H,22,24)(H,23,25)/b7-6+/t12-/m1/s1. The number of benzene rings is 1. The molecule has 0 aliphatic carbocycles. The van der Waals surface area contributed by atoms with E-state index in [1.807, 2.05) is 26.0 Å². The zero-order valence-electron chi connectivity index (χ0n) is 16.4. The number of rotatable bonds is 5. The van der Waals surface area contributed by atoms with Crippen molar-refractivity contribution in [1.82, 2.24) is 10.9 Å². The summed E-state index contributed by atoms with van der Waals surface area (Å²) in [5.74, 6) is 1.71. The molecule has 2 heterocycles. The molecule has 0 unspecified atom stereocenters. The Bertz CT molecular complexity index is 929. The molecule has 1 aliphatic rings. The number of hydrogen-bond acceptors (Lipinski definition) is 5. The normalized spacial score (nSPS) is 15.2. The molecular weight excluding hydrogens is 360 g/mol. The molecule has 0 saturated heterocycles. The fourth-order valence-electron chi connectivity index (χ4n) is 3.11. The highest BCUT2D eigenvalue weighted by atomic mass is 16.5. The van der Waals surface area contributed by atoms with Crippen LogP contribution in [-0.2, 0) is 11.2 Å². The highest BCUT2D eigenvalue weighted by molar-refractivity contribution is 5.98. The van der Waals surface area contributed by atoms with Gasteiger partial charge in [-0.3, -0.25) is 20.4 Å². The molecule has 0 bridgehead atoms. The predicted octanol–water partition coefficient (Wildman–Crippen LogP) is 3.09. The second kappa shape index (κ2) is 8.21. The quantitative estimate of drug-likeness (QED) is 0.611. The average Bonchev–Trinajstić information content (AvgIpc) is 3.17. The van der Waals surface area contributed by atoms with Gasteiger partial charge in [0.15, 0.2) is 0 Å². The van der Waals surface area contributed by atoms with E-state index in [2.05, 4.69) is 10.9 Å². The van der Waals surface area contributed by atoms with E-state index in [0.717, 1.165) is 23.3 Å². The SMILES string of the molecule is CCOc1cc2c(cc1/C=C/C(=O)NNC(=O)c1cc(C)oc1C)O[C@H](C)C2. The first-order valence-electron chi connectivity index (χ1n) is 9.19. The van der Waals surface area contributed by atoms with Crippen LogP contribution < -0.4 is 20.3 Å². The van der Waals surface area contributed by atoms with Gasteiger partial charge in [-0.1, -0.05) is 0 Å². The number of amides is 2. The van der Waals surface area contributed by atoms with Crippen molar-refractivity contribution in [2.24, 2.45) is 0 Å². The zero-order valence-corrected chi connectivity index (χ0v) is 16.4. The van der Waals surface area contributed by atoms with Crippen LogP contribution in [0.2, 0.25) is 0 Å². The molecule has 0 radical (unpaired) electrons. The Kier molecular flexibility index (Phi) is 5.73. The van der Waals surface area contributed by atoms with Crippen LogP contribution in [0, 0.1) is 13.8 Å². The summed E-state index contributed by atoms with van der Waals surface area (Å²) in [4.78, 5) is 24.2. The summed E-state index contributed by atoms with van der Waals surface area (Å²) in [5, 5.41) is 0. The van der Waals surface area contributed by atoms with Crippen LogP contribution in [0.1, 0.15) is 46.9 Å². The summed E-state index contributed by atoms with van der Waals surface area (Å²) in [5.41, 5.74) is 6.94. The molecule has 1 aromatic heterocycles. The van der Waals surface area contributed by atoms with Crippen LogP contribution in [0.5, 0.6) is 11.5 Å². The lowest BCUT2D eigenvalue weighted by Crippen LogP contribution is -2.40. The number of aryl methyl sites for hydroxylation is 2. The Balaban J connectivity index is 1.66. The fraction of sp³-hybridized carbons (Fsp3) is 0.333. The molecule has 0 fully saturated rings. The van der Waals surface area contributed by atoms with Gasteiger partial charge in [-0.15, -0.1) is 0 Å². The molecule has 2 aromatic rings. The second-order valence-electron chi connectivity index (χ2n) is 6.67. The topological polar surface area (TPSA) is 89.8 Å². The van der Waals surface area contributed by atoms with Gasteiger partial charge in [0.25, 0.3) is 11.8 Å². The first-order valence-corrected chi connectivity index (χ1v) is 9.19. The summed E-state index contributed by atoms with van der Waals surface area (Å²) in [6.07, 6.45) is 3.92. The van der Waals surface area contributed by atoms with Crippen molar-refractivity contribution >= 4 is 17.9 Å². The predicted molar refractivity (Wildman–Crippen MR) is 104 cm³/mol. The van der Waals surface area contributed by atoms with Crippen molar-refractivity contribution in [3.8, 4) is 11.5 Å². The molecule has 7 nitrogen and oxygen atoms in total. The van der Waals surface area contributed by atoms with Gasteiger partial charge in [-0.05, 0) is 52.0 Å². The molecule has 3 rings (SSSR count). The number of carbonyl (C=O) groups excluding carboxylic acids is 2. The van der Waals surface area contributed by atoms with E-state index in [4.69, 9.17) is 13.9 Å². The van der Waals surface area contributed by atoms with Crippen LogP contribution in [0.3, 0.4) is 0 Å². The third kappa shape index (κ3) is 4.36. The third-order valence-electron chi connectivity index (χ3n) is 4.33. The molecule has 1 aliphatic heterocycles. The molecule has 7 heteroatoms. The maximum absolute atomic E-state index is 12.1. The molecule has 2 N–H and O–H groups in total. The summed E-state index contributed by atoms with van der Waals surface area (Å²) in [6.45, 7) is 7.87. The Morgan fingerprint density at radius 1 is 1.25 bits per heavy atom. The van der Waals surface area contributed by atoms with E-state index in [1.54, 1.807) is 26.0 Å². The van der Waals surface area contributed by atoms with Gasteiger partial charge in [0.2, 0.25) is 0 Å². The smallest absolute Gasteiger partial charge is 0.273 e. The minimum atomic E-state index is -0.469. The minimum absolute atomic E-state index is 0.122. The van der Waals surface area contributed by atoms with Gasteiger partial charge < -0.3 is 13.9 Å². The number of carbonyl (C=O) groups is 2. The number of hydrogen-bond donors (Lipinski definition) is 2. The monoisotopic (exact) mass is 384 g/mol. The van der Waals surface area contributed by atoms with Crippen LogP contribution in [0.15, 0.2) is 28.7 Å². The third-order valence-corrected chi connectivity index (χ3v) is 4.33. The minimum Gasteiger partial charge on any atom is -0.493 e. The largest absolute Gasteiger partial charge is 0.493 e. The van der Waals surface area contributed by atoms with Crippen molar-refractivity contribution in [2.45, 2.75) is 40.2 Å². The lowest BCUT2D eigenvalue weighted by atomic mass is 10.1. The van der Waals surface area contributed by atoms with E-state index in [-0.39, 0.29) is 6.10 Å². The van der Waals surface area contributed by atoms with Crippen LogP contribution in [0.25, 0.3) is 6.08 Å². The maximum Gasteiger partial charge on any atom is 0.273 e. The highest BCUT2D eigenvalue weighted by Crippen LogP contribution is 2.35. The van der Waals surface area contributed by atoms with Crippen molar-refractivity contribution < 1.29 is 23.5 Å². The molecule has 28 heavy (non-hydrogen) atoms. The van der Waals surface area contributed by atoms with Gasteiger partial charge in [-0.25, -0.2) is 0 Å². The number of nitrogens with one attached hydrogen (secondary N) is 2. The van der Waals surface area contributed by atoms with Gasteiger partial charge in [0.05, 0.1) is 12.2 Å². The Morgan fingerprint density at radius 2 is 2.04 bits per heavy atom. The number of fused-ring (bicyclic) bond motifs is 1. The van der Waals surface area contributed by atoms with Crippen LogP contribution in [0.4, 0.5) is 0 Å². The maximum atomic E-state index is 12.1. The first kappa shape index (κ1) is 19.5. The number of ether oxygens (including phenoxy) is 2. The van der Waals surface area contributed by atoms with Crippen molar-refractivity contribution in [3.05, 3.63) is 52.5 Å². The second-order valence-corrected chi connectivity index (χ2v) is 6.67. The molecular formula is C21H24N2O5. The van der Waals surface area contributed by atoms with Crippen LogP contribution in [-0.4, -0.2) is 24.5 Å². The lowest BCUT2D eigenvalue weighted by Gasteiger charge is -2.10. The van der Waals surface area contributed by atoms with E-state index in [0.29, 0.717) is 29.4 Å². The summed E-state index contributed by atoms with van der Waals surface area (Å²) < 4.78 is 16.8. The van der Waals surface area contributed by atoms with E-state index >= 15 is 0 Å². The number of hydrazine groups is 1. The number of furan rings is 1. The summed E-state index contributed by atoms with van der Waals surface area (Å²) >= 11 is 0. The van der Waals surface area contributed by atoms with Gasteiger partial charge in [0, 0.05) is 23.6 Å². The Labute approximate surface area is 163 Å². The van der Waals surface area contributed by atoms with E-state index in [1.165, 1.54) is 6.08 Å². The van der Waals surface area contributed by atoms with Gasteiger partial charge in [0.1, 0.15) is 29.1 Å². The Morgan fingerprint density at radius 3 is 2.71 bits per heavy atom. The molecule has 0 spiro atoms. The molecule has 148 valence electrons. The molecule has 1 aromatic carbocycles. The first-order chi connectivity index (χ1) is 13.4. The molecule has 0 saturated carbocycles. The van der Waals surface area contributed by atoms with Crippen molar-refractivity contribution in [1.29, 1.82) is 0 Å². The highest BCUT2D eigenvalue weighted by Gasteiger charge is 2.21. The zero-order chi connectivity index (χ0) is 20.3. The van der Waals surface area contributed by atoms with Gasteiger partial charge in [-0.2, -0.15) is 0 Å². The summed E-state index contributed by atoms with van der Waals surface area (Å²) in [7, 11) is 0. The van der Waals surface area contributed by atoms with Crippen molar-refractivity contribution in [3.63, 3.8) is 0 Å². The van der Waals surface area contributed by atoms with Crippen LogP contribution >= 0.6 is 0 Å². The lowest BCUT2D eigenvalue weighted by molar-refractivity contribution is -0.117. The van der Waals surface area contributed by atoms with Gasteiger partial charge >= 0.3 is 0 Å².